The van der Waals surface area contributed by atoms with Gasteiger partial charge in [-0.1, -0.05) is 24.3 Å². The summed E-state index contributed by atoms with van der Waals surface area (Å²) < 4.78 is 28.1. The number of nitrogens with zero attached hydrogens (tertiary/aromatic N) is 4. The molecule has 0 radical (unpaired) electrons. The summed E-state index contributed by atoms with van der Waals surface area (Å²) in [6.07, 6.45) is 3.13. The van der Waals surface area contributed by atoms with Crippen molar-refractivity contribution >= 4 is 63.0 Å². The van der Waals surface area contributed by atoms with E-state index in [1.165, 1.54) is 10.3 Å². The molecule has 1 aromatic carbocycles. The number of hydrogen-bond donors (Lipinski definition) is 1. The van der Waals surface area contributed by atoms with Crippen LogP contribution in [0, 0.1) is 0 Å². The Kier molecular flexibility index (Phi) is 7.23. The van der Waals surface area contributed by atoms with E-state index in [0.29, 0.717) is 5.65 Å². The molecular formula is C20H21Cl2N5O2S2. The quantitative estimate of drug-likeness (QED) is 0.463. The van der Waals surface area contributed by atoms with E-state index < -0.39 is 10.0 Å². The standard InChI is InChI=1S/C20H19N5O2S2.2ClH/c26-29(27,15-5-2-1-3-6-15)25-13-16(17-7-4-12-28-17)18-19(22-14-23-20(18)25)24-10-8-21-9-11-24;;/h1-7,12-14,21H,8-11H2;2*1H. The van der Waals surface area contributed by atoms with Gasteiger partial charge in [0.25, 0.3) is 10.0 Å². The Labute approximate surface area is 197 Å². The highest BCUT2D eigenvalue weighted by atomic mass is 35.5. The first-order valence-electron chi connectivity index (χ1n) is 9.32. The normalized spacial score (nSPS) is 14.1. The first-order chi connectivity index (χ1) is 14.2. The highest BCUT2D eigenvalue weighted by Gasteiger charge is 2.27. The van der Waals surface area contributed by atoms with E-state index in [9.17, 15) is 8.42 Å². The van der Waals surface area contributed by atoms with Gasteiger partial charge < -0.3 is 10.2 Å². The van der Waals surface area contributed by atoms with Crippen LogP contribution in [0.1, 0.15) is 0 Å². The van der Waals surface area contributed by atoms with Crippen molar-refractivity contribution in [2.75, 3.05) is 31.1 Å². The predicted molar refractivity (Wildman–Crippen MR) is 129 cm³/mol. The fraction of sp³-hybridized carbons (Fsp3) is 0.200. The minimum absolute atomic E-state index is 0. The smallest absolute Gasteiger partial charge is 0.269 e. The molecule has 1 aliphatic heterocycles. The Morgan fingerprint density at radius 2 is 1.71 bits per heavy atom. The predicted octanol–water partition coefficient (Wildman–Crippen LogP) is 3.65. The molecule has 11 heteroatoms. The van der Waals surface area contributed by atoms with Crippen molar-refractivity contribution in [3.05, 3.63) is 60.4 Å². The number of piperazine rings is 1. The van der Waals surface area contributed by atoms with Crippen LogP contribution in [0.25, 0.3) is 21.5 Å². The average molecular weight is 498 g/mol. The third-order valence-corrected chi connectivity index (χ3v) is 7.60. The lowest BCUT2D eigenvalue weighted by molar-refractivity contribution is 0.585. The van der Waals surface area contributed by atoms with Crippen molar-refractivity contribution in [2.24, 2.45) is 0 Å². The summed E-state index contributed by atoms with van der Waals surface area (Å²) in [5.41, 5.74) is 1.24. The first kappa shape index (κ1) is 23.5. The summed E-state index contributed by atoms with van der Waals surface area (Å²) in [6, 6.07) is 12.4. The molecule has 0 atom stereocenters. The Morgan fingerprint density at radius 3 is 2.39 bits per heavy atom. The van der Waals surface area contributed by atoms with E-state index in [2.05, 4.69) is 20.2 Å². The van der Waals surface area contributed by atoms with E-state index in [4.69, 9.17) is 0 Å². The molecule has 0 amide bonds. The molecule has 7 nitrogen and oxygen atoms in total. The van der Waals surface area contributed by atoms with Crippen LogP contribution in [-0.2, 0) is 10.0 Å². The van der Waals surface area contributed by atoms with Crippen LogP contribution in [0.2, 0.25) is 0 Å². The molecule has 5 rings (SSSR count). The maximum Gasteiger partial charge on any atom is 0.269 e. The molecule has 3 aromatic heterocycles. The number of rotatable bonds is 4. The molecule has 31 heavy (non-hydrogen) atoms. The number of anilines is 1. The van der Waals surface area contributed by atoms with E-state index >= 15 is 0 Å². The molecule has 0 aliphatic carbocycles. The van der Waals surface area contributed by atoms with Crippen LogP contribution in [-0.4, -0.2) is 48.5 Å². The number of halogens is 2. The maximum atomic E-state index is 13.4. The number of benzene rings is 1. The third-order valence-electron chi connectivity index (χ3n) is 5.03. The van der Waals surface area contributed by atoms with Gasteiger partial charge in [-0.05, 0) is 23.6 Å². The fourth-order valence-electron chi connectivity index (χ4n) is 3.64. The van der Waals surface area contributed by atoms with Crippen LogP contribution in [0.4, 0.5) is 5.82 Å². The van der Waals surface area contributed by atoms with Gasteiger partial charge in [0, 0.05) is 42.8 Å². The molecule has 164 valence electrons. The van der Waals surface area contributed by atoms with Gasteiger partial charge in [0.15, 0.2) is 5.65 Å². The zero-order valence-corrected chi connectivity index (χ0v) is 19.6. The largest absolute Gasteiger partial charge is 0.353 e. The van der Waals surface area contributed by atoms with Gasteiger partial charge >= 0.3 is 0 Å². The third kappa shape index (κ3) is 4.16. The molecule has 0 spiro atoms. The molecule has 4 aromatic rings. The van der Waals surface area contributed by atoms with Gasteiger partial charge in [0.1, 0.15) is 12.1 Å². The lowest BCUT2D eigenvalue weighted by atomic mass is 10.2. The Bertz CT molecular complexity index is 1260. The zero-order valence-electron chi connectivity index (χ0n) is 16.3. The SMILES string of the molecule is Cl.Cl.O=S(=O)(c1ccccc1)n1cc(-c2cccs2)c2c(N3CCNCC3)ncnc21. The monoisotopic (exact) mass is 497 g/mol. The topological polar surface area (TPSA) is 80.1 Å². The van der Waals surface area contributed by atoms with Crippen LogP contribution < -0.4 is 10.2 Å². The van der Waals surface area contributed by atoms with Crippen LogP contribution >= 0.6 is 36.2 Å². The summed E-state index contributed by atoms with van der Waals surface area (Å²) >= 11 is 1.57. The highest BCUT2D eigenvalue weighted by Crippen LogP contribution is 2.38. The van der Waals surface area contributed by atoms with Gasteiger partial charge in [-0.15, -0.1) is 36.2 Å². The summed E-state index contributed by atoms with van der Waals surface area (Å²) in [5, 5.41) is 6.10. The van der Waals surface area contributed by atoms with Gasteiger partial charge in [0.05, 0.1) is 10.3 Å². The molecule has 4 heterocycles. The summed E-state index contributed by atoms with van der Waals surface area (Å²) in [6.45, 7) is 3.35. The average Bonchev–Trinajstić information content (AvgIpc) is 3.43. The lowest BCUT2D eigenvalue weighted by Gasteiger charge is -2.28. The zero-order chi connectivity index (χ0) is 19.8. The van der Waals surface area contributed by atoms with Crippen molar-refractivity contribution in [1.29, 1.82) is 0 Å². The number of nitrogens with one attached hydrogen (secondary N) is 1. The number of hydrogen-bond acceptors (Lipinski definition) is 7. The molecule has 0 unspecified atom stereocenters. The van der Waals surface area contributed by atoms with E-state index in [-0.39, 0.29) is 29.7 Å². The molecule has 1 N–H and O–H groups in total. The van der Waals surface area contributed by atoms with Crippen molar-refractivity contribution in [3.8, 4) is 10.4 Å². The highest BCUT2D eigenvalue weighted by molar-refractivity contribution is 7.90. The van der Waals surface area contributed by atoms with Gasteiger partial charge in [0.2, 0.25) is 0 Å². The lowest BCUT2D eigenvalue weighted by Crippen LogP contribution is -2.44. The number of aromatic nitrogens is 3. The molecule has 0 saturated carbocycles. The number of fused-ring (bicyclic) bond motifs is 1. The molecular weight excluding hydrogens is 477 g/mol. The van der Waals surface area contributed by atoms with Crippen LogP contribution in [0.3, 0.4) is 0 Å². The second-order valence-electron chi connectivity index (χ2n) is 6.77. The Morgan fingerprint density at radius 1 is 0.968 bits per heavy atom. The maximum absolute atomic E-state index is 13.4. The van der Waals surface area contributed by atoms with E-state index in [1.54, 1.807) is 47.9 Å². The summed E-state index contributed by atoms with van der Waals surface area (Å²) in [4.78, 5) is 12.4. The Balaban J connectivity index is 0.00000136. The minimum Gasteiger partial charge on any atom is -0.353 e. The number of thiophene rings is 1. The second-order valence-corrected chi connectivity index (χ2v) is 9.53. The van der Waals surface area contributed by atoms with Crippen molar-refractivity contribution in [3.63, 3.8) is 0 Å². The second kappa shape index (κ2) is 9.54. The summed E-state index contributed by atoms with van der Waals surface area (Å²) in [5.74, 6) is 0.780. The molecule has 1 aliphatic rings. The van der Waals surface area contributed by atoms with E-state index in [1.807, 2.05) is 17.5 Å². The van der Waals surface area contributed by atoms with Gasteiger partial charge in [-0.25, -0.2) is 22.4 Å². The van der Waals surface area contributed by atoms with Crippen LogP contribution in [0.5, 0.6) is 0 Å². The van der Waals surface area contributed by atoms with Crippen LogP contribution in [0.15, 0.2) is 65.3 Å². The Hall–Kier alpha value is -2.17. The van der Waals surface area contributed by atoms with Gasteiger partial charge in [-0.3, -0.25) is 0 Å². The van der Waals surface area contributed by atoms with Gasteiger partial charge in [-0.2, -0.15) is 0 Å². The first-order valence-corrected chi connectivity index (χ1v) is 11.6. The van der Waals surface area contributed by atoms with Crippen molar-refractivity contribution in [2.45, 2.75) is 4.90 Å². The summed E-state index contributed by atoms with van der Waals surface area (Å²) in [7, 11) is -3.78. The molecule has 1 saturated heterocycles. The minimum atomic E-state index is -3.78. The van der Waals surface area contributed by atoms with E-state index in [0.717, 1.165) is 47.8 Å². The fourth-order valence-corrected chi connectivity index (χ4v) is 5.72. The van der Waals surface area contributed by atoms with Crippen molar-refractivity contribution < 1.29 is 8.42 Å². The van der Waals surface area contributed by atoms with Crippen molar-refractivity contribution in [1.82, 2.24) is 19.3 Å². The molecule has 0 bridgehead atoms. The molecule has 1 fully saturated rings.